The second-order valence-electron chi connectivity index (χ2n) is 5.71. The van der Waals surface area contributed by atoms with E-state index >= 15 is 0 Å². The van der Waals surface area contributed by atoms with Crippen LogP contribution in [0.4, 0.5) is 11.4 Å². The van der Waals surface area contributed by atoms with Gasteiger partial charge >= 0.3 is 0 Å². The van der Waals surface area contributed by atoms with Crippen LogP contribution in [-0.2, 0) is 11.8 Å². The minimum absolute atomic E-state index is 0.130. The summed E-state index contributed by atoms with van der Waals surface area (Å²) < 4.78 is 1.63. The van der Waals surface area contributed by atoms with Crippen LogP contribution >= 0.6 is 0 Å². The fraction of sp³-hybridized carbons (Fsp3) is 0.176. The Morgan fingerprint density at radius 3 is 2.62 bits per heavy atom. The second-order valence-corrected chi connectivity index (χ2v) is 5.71. The molecule has 3 aromatic rings. The van der Waals surface area contributed by atoms with Gasteiger partial charge in [0.15, 0.2) is 0 Å². The van der Waals surface area contributed by atoms with Gasteiger partial charge in [0, 0.05) is 37.0 Å². The lowest BCUT2D eigenvalue weighted by atomic mass is 10.1. The number of carbonyl (C=O) groups excluding carboxylic acids is 2. The molecular formula is C17H15N5O2. The number of aromatic nitrogens is 3. The molecule has 0 bridgehead atoms. The van der Waals surface area contributed by atoms with E-state index in [1.54, 1.807) is 47.0 Å². The summed E-state index contributed by atoms with van der Waals surface area (Å²) in [5.74, 6) is -0.0734. The van der Waals surface area contributed by atoms with Crippen LogP contribution in [0.3, 0.4) is 0 Å². The van der Waals surface area contributed by atoms with E-state index in [1.807, 2.05) is 12.1 Å². The Kier molecular flexibility index (Phi) is 3.26. The van der Waals surface area contributed by atoms with Crippen LogP contribution in [0.5, 0.6) is 0 Å². The summed E-state index contributed by atoms with van der Waals surface area (Å²) in [5, 5.41) is 10.8. The quantitative estimate of drug-likeness (QED) is 0.748. The van der Waals surface area contributed by atoms with Gasteiger partial charge in [-0.2, -0.15) is 0 Å². The molecule has 2 amide bonds. The molecule has 7 nitrogen and oxygen atoms in total. The first-order chi connectivity index (χ1) is 11.6. The van der Waals surface area contributed by atoms with Crippen molar-refractivity contribution in [3.8, 4) is 0 Å². The van der Waals surface area contributed by atoms with Gasteiger partial charge in [-0.15, -0.1) is 5.10 Å². The Hall–Kier alpha value is -3.22. The largest absolute Gasteiger partial charge is 0.322 e. The van der Waals surface area contributed by atoms with Crippen molar-refractivity contribution < 1.29 is 9.59 Å². The smallest absolute Gasteiger partial charge is 0.255 e. The lowest BCUT2D eigenvalue weighted by Crippen LogP contribution is -2.43. The monoisotopic (exact) mass is 321 g/mol. The molecule has 0 spiro atoms. The molecule has 0 saturated carbocycles. The van der Waals surface area contributed by atoms with E-state index in [9.17, 15) is 9.59 Å². The zero-order valence-corrected chi connectivity index (χ0v) is 13.1. The number of amides is 2. The Morgan fingerprint density at radius 1 is 1.17 bits per heavy atom. The molecule has 0 radical (unpaired) electrons. The van der Waals surface area contributed by atoms with Crippen molar-refractivity contribution in [2.75, 3.05) is 16.8 Å². The molecule has 4 rings (SSSR count). The fourth-order valence-corrected chi connectivity index (χ4v) is 2.69. The molecule has 2 heterocycles. The van der Waals surface area contributed by atoms with Crippen molar-refractivity contribution >= 4 is 34.2 Å². The zero-order chi connectivity index (χ0) is 16.7. The first-order valence-electron chi connectivity index (χ1n) is 7.63. The topological polar surface area (TPSA) is 80.1 Å². The van der Waals surface area contributed by atoms with Crippen molar-refractivity contribution in [1.82, 2.24) is 15.0 Å². The van der Waals surface area contributed by atoms with E-state index in [4.69, 9.17) is 0 Å². The van der Waals surface area contributed by atoms with Crippen molar-refractivity contribution in [2.45, 2.75) is 6.42 Å². The third kappa shape index (κ3) is 2.40. The van der Waals surface area contributed by atoms with Crippen LogP contribution in [0.2, 0.25) is 0 Å². The summed E-state index contributed by atoms with van der Waals surface area (Å²) in [6.07, 6.45) is 0.601. The van der Waals surface area contributed by atoms with Crippen LogP contribution < -0.4 is 10.2 Å². The molecule has 24 heavy (non-hydrogen) atoms. The molecular weight excluding hydrogens is 306 g/mol. The number of aryl methyl sites for hydroxylation is 1. The van der Waals surface area contributed by atoms with E-state index in [0.717, 1.165) is 23.3 Å². The van der Waals surface area contributed by atoms with Gasteiger partial charge in [0.05, 0.1) is 5.52 Å². The normalized spacial score (nSPS) is 13.9. The van der Waals surface area contributed by atoms with E-state index in [-0.39, 0.29) is 11.8 Å². The molecule has 0 aliphatic carbocycles. The summed E-state index contributed by atoms with van der Waals surface area (Å²) in [4.78, 5) is 25.6. The van der Waals surface area contributed by atoms with Gasteiger partial charge in [0.1, 0.15) is 5.52 Å². The summed E-state index contributed by atoms with van der Waals surface area (Å²) in [6, 6.07) is 12.5. The molecule has 1 saturated heterocycles. The molecule has 0 unspecified atom stereocenters. The third-order valence-corrected chi connectivity index (χ3v) is 4.16. The highest BCUT2D eigenvalue weighted by Crippen LogP contribution is 2.23. The van der Waals surface area contributed by atoms with Crippen LogP contribution in [-0.4, -0.2) is 33.4 Å². The molecule has 1 N–H and O–H groups in total. The van der Waals surface area contributed by atoms with Gasteiger partial charge in [-0.3, -0.25) is 9.59 Å². The van der Waals surface area contributed by atoms with Gasteiger partial charge in [0.25, 0.3) is 5.91 Å². The lowest BCUT2D eigenvalue weighted by Gasteiger charge is -2.30. The molecule has 1 aromatic heterocycles. The number of nitrogens with one attached hydrogen (secondary N) is 1. The molecule has 2 aromatic carbocycles. The maximum absolute atomic E-state index is 12.4. The predicted octanol–water partition coefficient (Wildman–Crippen LogP) is 1.96. The SMILES string of the molecule is Cn1nnc2ccc(C(=O)Nc3ccc(N4CCC4=O)cc3)cc21. The van der Waals surface area contributed by atoms with E-state index < -0.39 is 0 Å². The third-order valence-electron chi connectivity index (χ3n) is 4.16. The maximum Gasteiger partial charge on any atom is 0.255 e. The Bertz CT molecular complexity index is 945. The summed E-state index contributed by atoms with van der Waals surface area (Å²) >= 11 is 0. The number of carbonyl (C=O) groups is 2. The Labute approximate surface area is 137 Å². The maximum atomic E-state index is 12.4. The summed E-state index contributed by atoms with van der Waals surface area (Å²) in [6.45, 7) is 0.753. The average molecular weight is 321 g/mol. The fourth-order valence-electron chi connectivity index (χ4n) is 2.69. The Morgan fingerprint density at radius 2 is 1.96 bits per heavy atom. The van der Waals surface area contributed by atoms with Crippen LogP contribution in [0.1, 0.15) is 16.8 Å². The van der Waals surface area contributed by atoms with Gasteiger partial charge in [0.2, 0.25) is 5.91 Å². The molecule has 1 aliphatic rings. The van der Waals surface area contributed by atoms with Crippen molar-refractivity contribution in [2.24, 2.45) is 7.05 Å². The number of rotatable bonds is 3. The standard InChI is InChI=1S/C17H15N5O2/c1-21-15-10-11(2-7-14(15)19-20-21)17(24)18-12-3-5-13(6-4-12)22-9-8-16(22)23/h2-7,10H,8-9H2,1H3,(H,18,24). The van der Waals surface area contributed by atoms with E-state index in [0.29, 0.717) is 17.7 Å². The number of benzene rings is 2. The minimum Gasteiger partial charge on any atom is -0.322 e. The number of hydrogen-bond donors (Lipinski definition) is 1. The zero-order valence-electron chi connectivity index (χ0n) is 13.1. The molecule has 120 valence electrons. The lowest BCUT2D eigenvalue weighted by molar-refractivity contribution is -0.122. The molecule has 1 fully saturated rings. The first-order valence-corrected chi connectivity index (χ1v) is 7.63. The second kappa shape index (κ2) is 5.45. The van der Waals surface area contributed by atoms with Gasteiger partial charge in [-0.05, 0) is 42.5 Å². The molecule has 0 atom stereocenters. The van der Waals surface area contributed by atoms with Crippen LogP contribution in [0.25, 0.3) is 11.0 Å². The summed E-state index contributed by atoms with van der Waals surface area (Å²) in [5.41, 5.74) is 3.62. The average Bonchev–Trinajstić information content (AvgIpc) is 2.96. The highest BCUT2D eigenvalue weighted by Gasteiger charge is 2.24. The number of β-lactam (4-membered cyclic amide) rings is 1. The van der Waals surface area contributed by atoms with Gasteiger partial charge in [-0.25, -0.2) is 4.68 Å². The molecule has 7 heteroatoms. The summed E-state index contributed by atoms with van der Waals surface area (Å²) in [7, 11) is 1.78. The van der Waals surface area contributed by atoms with Crippen molar-refractivity contribution in [3.63, 3.8) is 0 Å². The Balaban J connectivity index is 1.52. The van der Waals surface area contributed by atoms with Crippen molar-refractivity contribution in [3.05, 3.63) is 48.0 Å². The van der Waals surface area contributed by atoms with Crippen molar-refractivity contribution in [1.29, 1.82) is 0 Å². The van der Waals surface area contributed by atoms with Crippen LogP contribution in [0.15, 0.2) is 42.5 Å². The van der Waals surface area contributed by atoms with Gasteiger partial charge < -0.3 is 10.2 Å². The predicted molar refractivity (Wildman–Crippen MR) is 89.9 cm³/mol. The van der Waals surface area contributed by atoms with Crippen LogP contribution in [0, 0.1) is 0 Å². The highest BCUT2D eigenvalue weighted by molar-refractivity contribution is 6.06. The molecule has 1 aliphatic heterocycles. The highest BCUT2D eigenvalue weighted by atomic mass is 16.2. The number of hydrogen-bond acceptors (Lipinski definition) is 4. The minimum atomic E-state index is -0.203. The number of nitrogens with zero attached hydrogens (tertiary/aromatic N) is 4. The van der Waals surface area contributed by atoms with E-state index in [1.165, 1.54) is 0 Å². The number of anilines is 2. The van der Waals surface area contributed by atoms with E-state index in [2.05, 4.69) is 15.6 Å². The first kappa shape index (κ1) is 14.4. The van der Waals surface area contributed by atoms with Gasteiger partial charge in [-0.1, -0.05) is 5.21 Å². The number of fused-ring (bicyclic) bond motifs is 1.